The Morgan fingerprint density at radius 2 is 2.07 bits per heavy atom. The first-order valence-corrected chi connectivity index (χ1v) is 9.16. The smallest absolute Gasteiger partial charge is 0.261 e. The van der Waals surface area contributed by atoms with E-state index in [1.54, 1.807) is 6.07 Å². The Bertz CT molecular complexity index is 1150. The molecular formula is C20H17N3O3S. The predicted molar refractivity (Wildman–Crippen MR) is 107 cm³/mol. The number of benzene rings is 2. The summed E-state index contributed by atoms with van der Waals surface area (Å²) in [5, 5.41) is 16.2. The summed E-state index contributed by atoms with van der Waals surface area (Å²) in [6.45, 7) is 2.00. The third-order valence-electron chi connectivity index (χ3n) is 4.32. The summed E-state index contributed by atoms with van der Waals surface area (Å²) in [7, 11) is 1.50. The van der Waals surface area contributed by atoms with Crippen LogP contribution in [-0.2, 0) is 0 Å². The number of methoxy groups -OCH3 is 1. The summed E-state index contributed by atoms with van der Waals surface area (Å²) in [5.74, 6) is -0.0850. The number of nitrogens with one attached hydrogen (secondary N) is 2. The summed E-state index contributed by atoms with van der Waals surface area (Å²) < 4.78 is 5.03. The Labute approximate surface area is 159 Å². The van der Waals surface area contributed by atoms with Gasteiger partial charge in [-0.1, -0.05) is 18.2 Å². The van der Waals surface area contributed by atoms with Crippen molar-refractivity contribution in [3.8, 4) is 22.8 Å². The van der Waals surface area contributed by atoms with E-state index in [9.17, 15) is 9.90 Å². The molecule has 4 aromatic rings. The summed E-state index contributed by atoms with van der Waals surface area (Å²) in [6, 6.07) is 12.6. The molecule has 0 aliphatic rings. The van der Waals surface area contributed by atoms with Crippen LogP contribution in [0.1, 0.15) is 16.1 Å². The molecule has 2 heterocycles. The lowest BCUT2D eigenvalue weighted by Crippen LogP contribution is -2.11. The normalized spacial score (nSPS) is 10.9. The fourth-order valence-corrected chi connectivity index (χ4v) is 3.74. The maximum atomic E-state index is 12.5. The number of carbonyl (C=O) groups excluding carboxylic acids is 1. The molecule has 0 saturated heterocycles. The fourth-order valence-electron chi connectivity index (χ4n) is 3.05. The van der Waals surface area contributed by atoms with Crippen LogP contribution in [0.4, 0.5) is 5.13 Å². The Morgan fingerprint density at radius 1 is 1.26 bits per heavy atom. The van der Waals surface area contributed by atoms with Gasteiger partial charge in [0.15, 0.2) is 5.13 Å². The number of nitrogens with zero attached hydrogens (tertiary/aromatic N) is 1. The van der Waals surface area contributed by atoms with Gasteiger partial charge in [0.05, 0.1) is 18.4 Å². The summed E-state index contributed by atoms with van der Waals surface area (Å²) >= 11 is 1.34. The highest BCUT2D eigenvalue weighted by atomic mass is 32.1. The first-order chi connectivity index (χ1) is 13.1. The molecule has 2 aromatic heterocycles. The zero-order valence-corrected chi connectivity index (χ0v) is 15.6. The molecule has 6 nitrogen and oxygen atoms in total. The third kappa shape index (κ3) is 3.13. The molecule has 0 bridgehead atoms. The second kappa shape index (κ2) is 6.77. The van der Waals surface area contributed by atoms with Gasteiger partial charge in [0.25, 0.3) is 5.91 Å². The number of aromatic nitrogens is 2. The Hall–Kier alpha value is -3.32. The van der Waals surface area contributed by atoms with Gasteiger partial charge in [-0.15, -0.1) is 11.3 Å². The van der Waals surface area contributed by atoms with E-state index in [0.29, 0.717) is 10.9 Å². The van der Waals surface area contributed by atoms with E-state index in [0.717, 1.165) is 27.9 Å². The lowest BCUT2D eigenvalue weighted by Gasteiger charge is -2.06. The minimum absolute atomic E-state index is 0.142. The number of hydrogen-bond donors (Lipinski definition) is 3. The van der Waals surface area contributed by atoms with Crippen molar-refractivity contribution in [2.75, 3.05) is 12.4 Å². The minimum Gasteiger partial charge on any atom is -0.507 e. The second-order valence-electron chi connectivity index (χ2n) is 6.05. The van der Waals surface area contributed by atoms with Crippen LogP contribution in [0, 0.1) is 6.92 Å². The molecule has 0 aliphatic heterocycles. The molecule has 1 amide bonds. The predicted octanol–water partition coefficient (Wildman–Crippen LogP) is 4.57. The van der Waals surface area contributed by atoms with Crippen molar-refractivity contribution in [1.29, 1.82) is 0 Å². The highest BCUT2D eigenvalue weighted by Gasteiger charge is 2.17. The van der Waals surface area contributed by atoms with Gasteiger partial charge in [-0.05, 0) is 25.1 Å². The molecular weight excluding hydrogens is 362 g/mol. The average molecular weight is 379 g/mol. The first-order valence-electron chi connectivity index (χ1n) is 8.28. The molecule has 27 heavy (non-hydrogen) atoms. The van der Waals surface area contributed by atoms with Gasteiger partial charge >= 0.3 is 0 Å². The summed E-state index contributed by atoms with van der Waals surface area (Å²) in [6.07, 6.45) is 0. The zero-order valence-electron chi connectivity index (χ0n) is 14.7. The van der Waals surface area contributed by atoms with E-state index in [2.05, 4.69) is 15.3 Å². The van der Waals surface area contributed by atoms with Crippen LogP contribution in [0.5, 0.6) is 11.5 Å². The van der Waals surface area contributed by atoms with Crippen molar-refractivity contribution >= 4 is 33.3 Å². The average Bonchev–Trinajstić information content (AvgIpc) is 3.24. The first kappa shape index (κ1) is 17.1. The van der Waals surface area contributed by atoms with Crippen molar-refractivity contribution in [2.45, 2.75) is 6.92 Å². The number of phenols is 1. The van der Waals surface area contributed by atoms with Gasteiger partial charge in [-0.25, -0.2) is 4.98 Å². The number of carbonyl (C=O) groups is 1. The second-order valence-corrected chi connectivity index (χ2v) is 6.90. The maximum absolute atomic E-state index is 12.5. The van der Waals surface area contributed by atoms with E-state index in [-0.39, 0.29) is 11.3 Å². The monoisotopic (exact) mass is 379 g/mol. The number of aromatic hydroxyl groups is 1. The number of anilines is 1. The maximum Gasteiger partial charge on any atom is 0.261 e. The number of thiazole rings is 1. The number of phenolic OH excluding ortho intramolecular Hbond substituents is 1. The van der Waals surface area contributed by atoms with Crippen molar-refractivity contribution in [3.05, 3.63) is 59.1 Å². The van der Waals surface area contributed by atoms with E-state index in [4.69, 9.17) is 4.74 Å². The van der Waals surface area contributed by atoms with E-state index in [1.165, 1.54) is 30.6 Å². The molecule has 3 N–H and O–H groups in total. The van der Waals surface area contributed by atoms with Crippen LogP contribution in [0.2, 0.25) is 0 Å². The molecule has 2 aromatic carbocycles. The number of amides is 1. The van der Waals surface area contributed by atoms with Gasteiger partial charge in [0.1, 0.15) is 11.5 Å². The molecule has 0 saturated carbocycles. The Balaban J connectivity index is 1.61. The number of H-pyrrole nitrogens is 1. The molecule has 0 atom stereocenters. The molecule has 0 aliphatic carbocycles. The van der Waals surface area contributed by atoms with Gasteiger partial charge in [-0.3, -0.25) is 10.1 Å². The Morgan fingerprint density at radius 3 is 2.85 bits per heavy atom. The largest absolute Gasteiger partial charge is 0.507 e. The van der Waals surface area contributed by atoms with E-state index in [1.807, 2.05) is 36.6 Å². The van der Waals surface area contributed by atoms with Crippen LogP contribution in [-0.4, -0.2) is 28.1 Å². The number of para-hydroxylation sites is 1. The highest BCUT2D eigenvalue weighted by molar-refractivity contribution is 7.14. The number of hydrogen-bond acceptors (Lipinski definition) is 5. The lowest BCUT2D eigenvalue weighted by atomic mass is 10.1. The van der Waals surface area contributed by atoms with Crippen molar-refractivity contribution < 1.29 is 14.6 Å². The topological polar surface area (TPSA) is 87.2 Å². The van der Waals surface area contributed by atoms with Crippen LogP contribution in [0.3, 0.4) is 0 Å². The third-order valence-corrected chi connectivity index (χ3v) is 5.08. The summed E-state index contributed by atoms with van der Waals surface area (Å²) in [4.78, 5) is 20.4. The minimum atomic E-state index is -0.424. The van der Waals surface area contributed by atoms with Crippen LogP contribution >= 0.6 is 11.3 Å². The molecule has 7 heteroatoms. The van der Waals surface area contributed by atoms with Gasteiger partial charge in [0.2, 0.25) is 0 Å². The van der Waals surface area contributed by atoms with Crippen molar-refractivity contribution in [2.24, 2.45) is 0 Å². The molecule has 0 unspecified atom stereocenters. The van der Waals surface area contributed by atoms with Gasteiger partial charge in [0, 0.05) is 33.6 Å². The Kier molecular flexibility index (Phi) is 4.29. The van der Waals surface area contributed by atoms with Crippen LogP contribution in [0.15, 0.2) is 47.8 Å². The van der Waals surface area contributed by atoms with Crippen LogP contribution < -0.4 is 10.1 Å². The van der Waals surface area contributed by atoms with Crippen molar-refractivity contribution in [1.82, 2.24) is 9.97 Å². The molecule has 0 fully saturated rings. The standard InChI is InChI=1S/C20H17N3O3S/c1-11-18(13-5-3-4-6-15(13)21-11)16-10-27-20(22-16)23-19(25)14-8-7-12(26-2)9-17(14)24/h3-10,21,24H,1-2H3,(H,22,23,25). The molecule has 0 radical (unpaired) electrons. The van der Waals surface area contributed by atoms with Crippen molar-refractivity contribution in [3.63, 3.8) is 0 Å². The number of rotatable bonds is 4. The molecule has 4 rings (SSSR count). The van der Waals surface area contributed by atoms with Crippen LogP contribution in [0.25, 0.3) is 22.2 Å². The number of aryl methyl sites for hydroxylation is 1. The molecule has 0 spiro atoms. The SMILES string of the molecule is COc1ccc(C(=O)Nc2nc(-c3c(C)[nH]c4ccccc34)cs2)c(O)c1. The lowest BCUT2D eigenvalue weighted by molar-refractivity contribution is 0.102. The zero-order chi connectivity index (χ0) is 19.0. The highest BCUT2D eigenvalue weighted by Crippen LogP contribution is 2.34. The van der Waals surface area contributed by atoms with E-state index < -0.39 is 5.91 Å². The van der Waals surface area contributed by atoms with Gasteiger partial charge in [-0.2, -0.15) is 0 Å². The number of ether oxygens (including phenoxy) is 1. The molecule has 136 valence electrons. The number of fused-ring (bicyclic) bond motifs is 1. The van der Waals surface area contributed by atoms with E-state index >= 15 is 0 Å². The number of aromatic amines is 1. The summed E-state index contributed by atoms with van der Waals surface area (Å²) in [5.41, 5.74) is 4.05. The fraction of sp³-hybridized carbons (Fsp3) is 0.100. The van der Waals surface area contributed by atoms with Gasteiger partial charge < -0.3 is 14.8 Å². The quantitative estimate of drug-likeness (QED) is 0.485.